The third kappa shape index (κ3) is 5.53. The number of aryl methyl sites for hydroxylation is 2. The fourth-order valence-electron chi connectivity index (χ4n) is 3.00. The Labute approximate surface area is 186 Å². The fourth-order valence-corrected chi connectivity index (χ4v) is 5.00. The van der Waals surface area contributed by atoms with Crippen molar-refractivity contribution in [3.05, 3.63) is 59.7 Å². The molecule has 3 N–H and O–H groups in total. The van der Waals surface area contributed by atoms with E-state index in [0.29, 0.717) is 0 Å². The summed E-state index contributed by atoms with van der Waals surface area (Å²) < 4.78 is 64.4. The molecule has 1 aliphatic heterocycles. The van der Waals surface area contributed by atoms with Crippen LogP contribution in [0.1, 0.15) is 11.1 Å². The molecule has 176 valence electrons. The molecule has 0 aromatic heterocycles. The number of aliphatic hydroxyl groups is 3. The summed E-state index contributed by atoms with van der Waals surface area (Å²) in [6.45, 7) is 2.81. The van der Waals surface area contributed by atoms with Gasteiger partial charge in [-0.05, 0) is 38.1 Å². The van der Waals surface area contributed by atoms with Crippen molar-refractivity contribution in [2.75, 3.05) is 6.61 Å². The largest absolute Gasteiger partial charge is 0.387 e. The molecule has 3 rings (SSSR count). The second-order valence-corrected chi connectivity index (χ2v) is 10.6. The third-order valence-electron chi connectivity index (χ3n) is 4.91. The van der Waals surface area contributed by atoms with Crippen LogP contribution in [0.15, 0.2) is 58.3 Å². The highest BCUT2D eigenvalue weighted by Gasteiger charge is 2.47. The molecule has 10 nitrogen and oxygen atoms in total. The standard InChI is InChI=1S/C20H24O10S2/c1-12-3-7-14(8-4-12)31(24,25)28-11-16-17(21)18(22)19(20(23)29-16)30-32(26,27)15-9-5-13(2)6-10-15/h3-10,16-23H,11H2,1-2H3/t16-,17-,18+,19-,20?/m1/s1. The summed E-state index contributed by atoms with van der Waals surface area (Å²) >= 11 is 0. The maximum absolute atomic E-state index is 12.4. The zero-order valence-corrected chi connectivity index (χ0v) is 18.9. The molecular weight excluding hydrogens is 464 g/mol. The lowest BCUT2D eigenvalue weighted by Gasteiger charge is -2.39. The Morgan fingerprint density at radius 1 is 0.781 bits per heavy atom. The highest BCUT2D eigenvalue weighted by atomic mass is 32.2. The van der Waals surface area contributed by atoms with Crippen molar-refractivity contribution >= 4 is 20.2 Å². The first-order valence-corrected chi connectivity index (χ1v) is 12.4. The SMILES string of the molecule is Cc1ccc(S(=O)(=O)OC[C@H]2OC(O)[C@H](OS(=O)(=O)c3ccc(C)cc3)[C@@H](O)[C@@H]2O)cc1. The maximum Gasteiger partial charge on any atom is 0.297 e. The van der Waals surface area contributed by atoms with Crippen LogP contribution in [-0.2, 0) is 33.3 Å². The Kier molecular flexibility index (Phi) is 7.37. The van der Waals surface area contributed by atoms with E-state index in [4.69, 9.17) is 13.1 Å². The van der Waals surface area contributed by atoms with E-state index in [-0.39, 0.29) is 9.79 Å². The minimum absolute atomic E-state index is 0.125. The van der Waals surface area contributed by atoms with Gasteiger partial charge in [0, 0.05) is 0 Å². The van der Waals surface area contributed by atoms with Crippen LogP contribution in [0.5, 0.6) is 0 Å². The van der Waals surface area contributed by atoms with Crippen molar-refractivity contribution in [2.45, 2.75) is 54.3 Å². The van der Waals surface area contributed by atoms with Crippen LogP contribution >= 0.6 is 0 Å². The maximum atomic E-state index is 12.4. The van der Waals surface area contributed by atoms with Crippen LogP contribution in [0.4, 0.5) is 0 Å². The van der Waals surface area contributed by atoms with Gasteiger partial charge in [0.1, 0.15) is 18.3 Å². The van der Waals surface area contributed by atoms with E-state index in [2.05, 4.69) is 0 Å². The number of benzene rings is 2. The molecule has 0 spiro atoms. The summed E-state index contributed by atoms with van der Waals surface area (Å²) in [5, 5.41) is 30.8. The molecule has 12 heteroatoms. The van der Waals surface area contributed by atoms with E-state index >= 15 is 0 Å². The van der Waals surface area contributed by atoms with Crippen LogP contribution in [-0.4, -0.2) is 69.5 Å². The van der Waals surface area contributed by atoms with E-state index in [1.165, 1.54) is 36.4 Å². The Balaban J connectivity index is 1.68. The van der Waals surface area contributed by atoms with Gasteiger partial charge < -0.3 is 20.1 Å². The van der Waals surface area contributed by atoms with Gasteiger partial charge in [-0.15, -0.1) is 0 Å². The third-order valence-corrected chi connectivity index (χ3v) is 7.53. The highest BCUT2D eigenvalue weighted by molar-refractivity contribution is 7.87. The molecule has 1 aliphatic rings. The first-order valence-electron chi connectivity index (χ1n) is 9.56. The lowest BCUT2D eigenvalue weighted by Crippen LogP contribution is -2.60. The average molecular weight is 489 g/mol. The van der Waals surface area contributed by atoms with E-state index in [0.717, 1.165) is 11.1 Å². The van der Waals surface area contributed by atoms with Crippen LogP contribution in [0.3, 0.4) is 0 Å². The first-order chi connectivity index (χ1) is 14.9. The zero-order chi connectivity index (χ0) is 23.7. The van der Waals surface area contributed by atoms with Gasteiger partial charge in [-0.3, -0.25) is 8.37 Å². The molecule has 0 saturated carbocycles. The molecule has 0 amide bonds. The number of ether oxygens (including phenoxy) is 1. The zero-order valence-electron chi connectivity index (χ0n) is 17.2. The van der Waals surface area contributed by atoms with E-state index in [1.807, 2.05) is 0 Å². The Morgan fingerprint density at radius 3 is 1.75 bits per heavy atom. The van der Waals surface area contributed by atoms with Crippen LogP contribution in [0.2, 0.25) is 0 Å². The van der Waals surface area contributed by atoms with E-state index in [9.17, 15) is 32.2 Å². The van der Waals surface area contributed by atoms with Crippen molar-refractivity contribution in [2.24, 2.45) is 0 Å². The van der Waals surface area contributed by atoms with E-state index < -0.39 is 57.5 Å². The average Bonchev–Trinajstić information content (AvgIpc) is 2.73. The van der Waals surface area contributed by atoms with Crippen molar-refractivity contribution in [3.8, 4) is 0 Å². The molecule has 2 aromatic carbocycles. The number of hydrogen-bond donors (Lipinski definition) is 3. The van der Waals surface area contributed by atoms with Crippen LogP contribution in [0.25, 0.3) is 0 Å². The molecule has 32 heavy (non-hydrogen) atoms. The molecule has 0 radical (unpaired) electrons. The molecule has 1 heterocycles. The summed E-state index contributed by atoms with van der Waals surface area (Å²) in [6, 6.07) is 11.5. The molecule has 1 fully saturated rings. The smallest absolute Gasteiger partial charge is 0.297 e. The van der Waals surface area contributed by atoms with Crippen molar-refractivity contribution in [1.29, 1.82) is 0 Å². The fraction of sp³-hybridized carbons (Fsp3) is 0.400. The molecule has 0 bridgehead atoms. The normalized spacial score (nSPS) is 26.7. The summed E-state index contributed by atoms with van der Waals surface area (Å²) in [5.74, 6) is 0. The van der Waals surface area contributed by atoms with Gasteiger partial charge in [0.2, 0.25) is 0 Å². The monoisotopic (exact) mass is 488 g/mol. The second-order valence-electron chi connectivity index (χ2n) is 7.43. The quantitative estimate of drug-likeness (QED) is 0.461. The number of aliphatic hydroxyl groups excluding tert-OH is 3. The van der Waals surface area contributed by atoms with Gasteiger partial charge in [-0.2, -0.15) is 16.8 Å². The van der Waals surface area contributed by atoms with Crippen LogP contribution in [0, 0.1) is 13.8 Å². The van der Waals surface area contributed by atoms with Gasteiger partial charge in [0.15, 0.2) is 12.4 Å². The highest BCUT2D eigenvalue weighted by Crippen LogP contribution is 2.27. The Morgan fingerprint density at radius 2 is 1.25 bits per heavy atom. The van der Waals surface area contributed by atoms with Gasteiger partial charge >= 0.3 is 0 Å². The second kappa shape index (κ2) is 9.53. The van der Waals surface area contributed by atoms with Gasteiger partial charge in [0.05, 0.1) is 16.4 Å². The molecule has 2 aromatic rings. The predicted octanol–water partition coefficient (Wildman–Crippen LogP) is 0.222. The van der Waals surface area contributed by atoms with Gasteiger partial charge in [-0.25, -0.2) is 0 Å². The summed E-state index contributed by atoms with van der Waals surface area (Å²) in [5.41, 5.74) is 1.65. The van der Waals surface area contributed by atoms with E-state index in [1.54, 1.807) is 26.0 Å². The van der Waals surface area contributed by atoms with Gasteiger partial charge in [-0.1, -0.05) is 35.4 Å². The van der Waals surface area contributed by atoms with Crippen molar-refractivity contribution in [3.63, 3.8) is 0 Å². The Hall–Kier alpha value is -1.90. The number of hydrogen-bond acceptors (Lipinski definition) is 10. The van der Waals surface area contributed by atoms with Gasteiger partial charge in [0.25, 0.3) is 20.2 Å². The first kappa shape index (κ1) is 24.7. The minimum atomic E-state index is -4.40. The molecule has 5 atom stereocenters. The Bertz CT molecular complexity index is 1130. The summed E-state index contributed by atoms with van der Waals surface area (Å²) in [4.78, 5) is -0.341. The lowest BCUT2D eigenvalue weighted by molar-refractivity contribution is -0.278. The molecule has 1 unspecified atom stereocenters. The molecule has 0 aliphatic carbocycles. The van der Waals surface area contributed by atoms with Crippen molar-refractivity contribution < 1.29 is 45.3 Å². The van der Waals surface area contributed by atoms with Crippen molar-refractivity contribution in [1.82, 2.24) is 0 Å². The lowest BCUT2D eigenvalue weighted by atomic mass is 9.99. The molecular formula is C20H24O10S2. The topological polar surface area (TPSA) is 157 Å². The number of rotatable bonds is 7. The minimum Gasteiger partial charge on any atom is -0.387 e. The summed E-state index contributed by atoms with van der Waals surface area (Å²) in [7, 11) is -8.59. The summed E-state index contributed by atoms with van der Waals surface area (Å²) in [6.07, 6.45) is -9.01. The molecule has 1 saturated heterocycles. The predicted molar refractivity (Wildman–Crippen MR) is 110 cm³/mol. The van der Waals surface area contributed by atoms with Crippen LogP contribution < -0.4 is 0 Å².